The zero-order valence-electron chi connectivity index (χ0n) is 7.54. The SMILES string of the molecule is C=CC(=C)c1c(C)nc(N)nc1N. The van der Waals surface area contributed by atoms with Gasteiger partial charge in [0.25, 0.3) is 0 Å². The van der Waals surface area contributed by atoms with Crippen LogP contribution >= 0.6 is 0 Å². The van der Waals surface area contributed by atoms with Crippen LogP contribution in [0.2, 0.25) is 0 Å². The third-order valence-corrected chi connectivity index (χ3v) is 1.70. The normalized spacial score (nSPS) is 9.62. The van der Waals surface area contributed by atoms with Crippen molar-refractivity contribution >= 4 is 17.3 Å². The number of nitrogens with zero attached hydrogens (tertiary/aromatic N) is 2. The van der Waals surface area contributed by atoms with E-state index < -0.39 is 0 Å². The highest BCUT2D eigenvalue weighted by Crippen LogP contribution is 2.22. The Hall–Kier alpha value is -1.84. The number of hydrogen-bond acceptors (Lipinski definition) is 4. The molecule has 4 N–H and O–H groups in total. The number of anilines is 2. The predicted molar refractivity (Wildman–Crippen MR) is 54.8 cm³/mol. The Bertz CT molecular complexity index is 345. The van der Waals surface area contributed by atoms with E-state index >= 15 is 0 Å². The number of aryl methyl sites for hydroxylation is 1. The summed E-state index contributed by atoms with van der Waals surface area (Å²) in [5, 5.41) is 0. The molecule has 0 aromatic carbocycles. The maximum Gasteiger partial charge on any atom is 0.222 e. The van der Waals surface area contributed by atoms with E-state index in [2.05, 4.69) is 23.1 Å². The Morgan fingerprint density at radius 3 is 2.46 bits per heavy atom. The molecule has 0 bridgehead atoms. The van der Waals surface area contributed by atoms with Crippen molar-refractivity contribution < 1.29 is 0 Å². The zero-order valence-corrected chi connectivity index (χ0v) is 7.54. The summed E-state index contributed by atoms with van der Waals surface area (Å²) < 4.78 is 0. The van der Waals surface area contributed by atoms with E-state index in [0.29, 0.717) is 17.0 Å². The Labute approximate surface area is 77.0 Å². The lowest BCUT2D eigenvalue weighted by molar-refractivity contribution is 1.11. The van der Waals surface area contributed by atoms with Gasteiger partial charge in [0.05, 0.1) is 5.69 Å². The van der Waals surface area contributed by atoms with Gasteiger partial charge in [-0.05, 0) is 12.5 Å². The summed E-state index contributed by atoms with van der Waals surface area (Å²) in [4.78, 5) is 7.82. The smallest absolute Gasteiger partial charge is 0.222 e. The van der Waals surface area contributed by atoms with Crippen LogP contribution in [0.1, 0.15) is 11.3 Å². The minimum Gasteiger partial charge on any atom is -0.383 e. The van der Waals surface area contributed by atoms with Gasteiger partial charge >= 0.3 is 0 Å². The van der Waals surface area contributed by atoms with Gasteiger partial charge in [-0.2, -0.15) is 4.98 Å². The van der Waals surface area contributed by atoms with Crippen LogP contribution in [0.15, 0.2) is 19.2 Å². The standard InChI is InChI=1S/C9H12N4/c1-4-5(2)7-6(3)12-9(11)13-8(7)10/h4H,1-2H2,3H3,(H4,10,11,12,13). The second-order valence-electron chi connectivity index (χ2n) is 2.66. The van der Waals surface area contributed by atoms with Gasteiger partial charge in [-0.15, -0.1) is 0 Å². The molecule has 0 amide bonds. The molecule has 4 nitrogen and oxygen atoms in total. The molecule has 68 valence electrons. The van der Waals surface area contributed by atoms with E-state index in [4.69, 9.17) is 11.5 Å². The van der Waals surface area contributed by atoms with E-state index in [0.717, 1.165) is 5.69 Å². The molecule has 0 atom stereocenters. The molecule has 0 unspecified atom stereocenters. The van der Waals surface area contributed by atoms with Crippen LogP contribution in [0.4, 0.5) is 11.8 Å². The van der Waals surface area contributed by atoms with Crippen molar-refractivity contribution in [3.05, 3.63) is 30.5 Å². The van der Waals surface area contributed by atoms with Crippen LogP contribution in [-0.2, 0) is 0 Å². The summed E-state index contributed by atoms with van der Waals surface area (Å²) in [5.74, 6) is 0.519. The molecular formula is C9H12N4. The monoisotopic (exact) mass is 176 g/mol. The van der Waals surface area contributed by atoms with E-state index in [1.807, 2.05) is 0 Å². The number of nitrogens with two attached hydrogens (primary N) is 2. The first-order valence-electron chi connectivity index (χ1n) is 3.77. The first-order valence-corrected chi connectivity index (χ1v) is 3.77. The third kappa shape index (κ3) is 1.66. The molecule has 0 fully saturated rings. The zero-order chi connectivity index (χ0) is 10.0. The molecule has 0 aliphatic carbocycles. The molecule has 1 rings (SSSR count). The van der Waals surface area contributed by atoms with Gasteiger partial charge in [0.1, 0.15) is 5.82 Å². The number of nitrogen functional groups attached to an aromatic ring is 2. The summed E-state index contributed by atoms with van der Waals surface area (Å²) in [6.07, 6.45) is 1.61. The van der Waals surface area contributed by atoms with E-state index in [9.17, 15) is 0 Å². The third-order valence-electron chi connectivity index (χ3n) is 1.70. The molecule has 1 aromatic rings. The van der Waals surface area contributed by atoms with Crippen molar-refractivity contribution in [2.24, 2.45) is 0 Å². The fraction of sp³-hybridized carbons (Fsp3) is 0.111. The number of allylic oxidation sites excluding steroid dienone is 2. The van der Waals surface area contributed by atoms with Crippen molar-refractivity contribution in [1.82, 2.24) is 9.97 Å². The van der Waals surface area contributed by atoms with Crippen molar-refractivity contribution in [2.45, 2.75) is 6.92 Å². The Balaban J connectivity index is 3.36. The topological polar surface area (TPSA) is 77.8 Å². The summed E-state index contributed by atoms with van der Waals surface area (Å²) in [5.41, 5.74) is 13.2. The minimum atomic E-state index is 0.176. The Morgan fingerprint density at radius 1 is 1.38 bits per heavy atom. The molecule has 0 saturated heterocycles. The van der Waals surface area contributed by atoms with Gasteiger partial charge in [0, 0.05) is 5.56 Å². The quantitative estimate of drug-likeness (QED) is 0.662. The first-order chi connectivity index (χ1) is 6.06. The van der Waals surface area contributed by atoms with Crippen LogP contribution in [0.3, 0.4) is 0 Å². The van der Waals surface area contributed by atoms with Crippen molar-refractivity contribution in [3.8, 4) is 0 Å². The summed E-state index contributed by atoms with van der Waals surface area (Å²) in [6, 6.07) is 0. The van der Waals surface area contributed by atoms with E-state index in [-0.39, 0.29) is 5.95 Å². The molecule has 4 heteroatoms. The Kier molecular flexibility index (Phi) is 2.32. The van der Waals surface area contributed by atoms with Gasteiger partial charge in [-0.1, -0.05) is 19.2 Å². The molecule has 0 aliphatic heterocycles. The van der Waals surface area contributed by atoms with Gasteiger partial charge in [-0.3, -0.25) is 0 Å². The van der Waals surface area contributed by atoms with Gasteiger partial charge in [0.15, 0.2) is 0 Å². The molecule has 13 heavy (non-hydrogen) atoms. The lowest BCUT2D eigenvalue weighted by Gasteiger charge is -2.07. The van der Waals surface area contributed by atoms with Crippen LogP contribution in [0.25, 0.3) is 5.57 Å². The van der Waals surface area contributed by atoms with Crippen LogP contribution in [0, 0.1) is 6.92 Å². The maximum atomic E-state index is 5.66. The van der Waals surface area contributed by atoms with Crippen LogP contribution in [0.5, 0.6) is 0 Å². The molecular weight excluding hydrogens is 164 g/mol. The van der Waals surface area contributed by atoms with Gasteiger partial charge in [0.2, 0.25) is 5.95 Å². The number of rotatable bonds is 2. The predicted octanol–water partition coefficient (Wildman–Crippen LogP) is 1.15. The molecule has 0 saturated carbocycles. The summed E-state index contributed by atoms with van der Waals surface area (Å²) in [6.45, 7) is 9.18. The fourth-order valence-corrected chi connectivity index (χ4v) is 1.12. The van der Waals surface area contributed by atoms with Crippen LogP contribution < -0.4 is 11.5 Å². The first kappa shape index (κ1) is 9.25. The minimum absolute atomic E-state index is 0.176. The molecule has 1 heterocycles. The molecule has 0 spiro atoms. The second-order valence-corrected chi connectivity index (χ2v) is 2.66. The number of aromatic nitrogens is 2. The Morgan fingerprint density at radius 2 is 2.00 bits per heavy atom. The highest BCUT2D eigenvalue weighted by Gasteiger charge is 2.08. The molecule has 0 radical (unpaired) electrons. The van der Waals surface area contributed by atoms with Crippen molar-refractivity contribution in [2.75, 3.05) is 11.5 Å². The van der Waals surface area contributed by atoms with Gasteiger partial charge in [-0.25, -0.2) is 4.98 Å². The lowest BCUT2D eigenvalue weighted by Crippen LogP contribution is -2.05. The maximum absolute atomic E-state index is 5.66. The van der Waals surface area contributed by atoms with Gasteiger partial charge < -0.3 is 11.5 Å². The van der Waals surface area contributed by atoms with Crippen molar-refractivity contribution in [3.63, 3.8) is 0 Å². The van der Waals surface area contributed by atoms with E-state index in [1.54, 1.807) is 13.0 Å². The summed E-state index contributed by atoms with van der Waals surface area (Å²) in [7, 11) is 0. The largest absolute Gasteiger partial charge is 0.383 e. The summed E-state index contributed by atoms with van der Waals surface area (Å²) >= 11 is 0. The molecule has 0 aliphatic rings. The average Bonchev–Trinajstić information content (AvgIpc) is 2.02. The second kappa shape index (κ2) is 3.26. The lowest BCUT2D eigenvalue weighted by atomic mass is 10.1. The highest BCUT2D eigenvalue weighted by atomic mass is 15.0. The van der Waals surface area contributed by atoms with Crippen LogP contribution in [-0.4, -0.2) is 9.97 Å². The molecule has 1 aromatic heterocycles. The fourth-order valence-electron chi connectivity index (χ4n) is 1.12. The highest BCUT2D eigenvalue weighted by molar-refractivity contribution is 5.79. The average molecular weight is 176 g/mol. The van der Waals surface area contributed by atoms with Crippen molar-refractivity contribution in [1.29, 1.82) is 0 Å². The van der Waals surface area contributed by atoms with E-state index in [1.165, 1.54) is 0 Å². The number of hydrogen-bond donors (Lipinski definition) is 2.